The molecular formula is C10H14N2O2. The number of pyridine rings is 1. The Kier molecular flexibility index (Phi) is 3.91. The largest absolute Gasteiger partial charge is 0.450 e. The first kappa shape index (κ1) is 10.5. The number of alkyl carbamates (subject to hydrolysis) is 1. The molecule has 0 aliphatic heterocycles. The second kappa shape index (κ2) is 5.21. The molecular weight excluding hydrogens is 180 g/mol. The third-order valence-corrected chi connectivity index (χ3v) is 1.82. The molecule has 1 rings (SSSR count). The number of nitrogens with zero attached hydrogens (tertiary/aromatic N) is 1. The fraction of sp³-hybridized carbons (Fsp3) is 0.400. The molecule has 1 heterocycles. The van der Waals surface area contributed by atoms with Gasteiger partial charge >= 0.3 is 6.09 Å². The minimum Gasteiger partial charge on any atom is -0.450 e. The van der Waals surface area contributed by atoms with Crippen molar-refractivity contribution in [1.29, 1.82) is 0 Å². The van der Waals surface area contributed by atoms with Crippen molar-refractivity contribution in [2.45, 2.75) is 19.9 Å². The van der Waals surface area contributed by atoms with E-state index < -0.39 is 6.09 Å². The molecule has 14 heavy (non-hydrogen) atoms. The number of nitrogens with one attached hydrogen (secondary N) is 1. The monoisotopic (exact) mass is 194 g/mol. The topological polar surface area (TPSA) is 51.2 Å². The van der Waals surface area contributed by atoms with Crippen LogP contribution in [0, 0.1) is 0 Å². The lowest BCUT2D eigenvalue weighted by Crippen LogP contribution is -2.27. The lowest BCUT2D eigenvalue weighted by atomic mass is 10.1. The first-order valence-electron chi connectivity index (χ1n) is 4.57. The summed E-state index contributed by atoms with van der Waals surface area (Å²) in [5, 5.41) is 2.71. The molecule has 76 valence electrons. The number of rotatable bonds is 3. The molecule has 1 aromatic rings. The highest BCUT2D eigenvalue weighted by atomic mass is 16.5. The normalized spacial score (nSPS) is 11.9. The summed E-state index contributed by atoms with van der Waals surface area (Å²) in [5.41, 5.74) is 1.01. The second-order valence-corrected chi connectivity index (χ2v) is 2.87. The van der Waals surface area contributed by atoms with Crippen LogP contribution in [0.3, 0.4) is 0 Å². The van der Waals surface area contributed by atoms with Crippen LogP contribution in [-0.2, 0) is 4.74 Å². The molecule has 0 saturated carbocycles. The van der Waals surface area contributed by atoms with Crippen LogP contribution in [0.2, 0.25) is 0 Å². The maximum Gasteiger partial charge on any atom is 0.407 e. The average molecular weight is 194 g/mol. The highest BCUT2D eigenvalue weighted by molar-refractivity contribution is 5.67. The molecule has 1 aromatic heterocycles. The maximum absolute atomic E-state index is 11.1. The van der Waals surface area contributed by atoms with E-state index in [4.69, 9.17) is 4.74 Å². The van der Waals surface area contributed by atoms with Crippen LogP contribution in [0.1, 0.15) is 25.5 Å². The zero-order chi connectivity index (χ0) is 10.4. The molecule has 0 aliphatic carbocycles. The molecule has 0 unspecified atom stereocenters. The first-order valence-corrected chi connectivity index (χ1v) is 4.57. The Morgan fingerprint density at radius 1 is 1.57 bits per heavy atom. The van der Waals surface area contributed by atoms with E-state index in [9.17, 15) is 4.79 Å². The number of amides is 1. The Hall–Kier alpha value is -1.58. The van der Waals surface area contributed by atoms with Gasteiger partial charge in [-0.3, -0.25) is 4.98 Å². The summed E-state index contributed by atoms with van der Waals surface area (Å²) in [7, 11) is 0. The lowest BCUT2D eigenvalue weighted by Gasteiger charge is -2.13. The third kappa shape index (κ3) is 3.05. The molecule has 0 bridgehead atoms. The van der Waals surface area contributed by atoms with E-state index in [2.05, 4.69) is 10.3 Å². The average Bonchev–Trinajstić information content (AvgIpc) is 2.19. The number of hydrogen-bond donors (Lipinski definition) is 1. The van der Waals surface area contributed by atoms with Crippen molar-refractivity contribution in [1.82, 2.24) is 10.3 Å². The molecule has 4 nitrogen and oxygen atoms in total. The molecule has 0 saturated heterocycles. The quantitative estimate of drug-likeness (QED) is 0.799. The first-order chi connectivity index (χ1) is 6.74. The van der Waals surface area contributed by atoms with Crippen molar-refractivity contribution in [3.05, 3.63) is 30.1 Å². The van der Waals surface area contributed by atoms with Gasteiger partial charge in [-0.05, 0) is 31.5 Å². The zero-order valence-electron chi connectivity index (χ0n) is 8.36. The van der Waals surface area contributed by atoms with Gasteiger partial charge in [0.05, 0.1) is 12.6 Å². The van der Waals surface area contributed by atoms with Gasteiger partial charge in [0.15, 0.2) is 0 Å². The number of carbonyl (C=O) groups excluding carboxylic acids is 1. The summed E-state index contributed by atoms with van der Waals surface area (Å²) in [6.45, 7) is 4.05. The van der Waals surface area contributed by atoms with Gasteiger partial charge in [0.1, 0.15) is 0 Å². The van der Waals surface area contributed by atoms with E-state index in [1.807, 2.05) is 19.1 Å². The summed E-state index contributed by atoms with van der Waals surface area (Å²) in [6, 6.07) is 3.66. The molecule has 1 atom stereocenters. The Bertz CT molecular complexity index is 287. The van der Waals surface area contributed by atoms with Crippen molar-refractivity contribution in [3.8, 4) is 0 Å². The highest BCUT2D eigenvalue weighted by Crippen LogP contribution is 2.09. The summed E-state index contributed by atoms with van der Waals surface area (Å²) in [5.74, 6) is 0. The van der Waals surface area contributed by atoms with Crippen LogP contribution < -0.4 is 5.32 Å². The van der Waals surface area contributed by atoms with Crippen LogP contribution in [0.15, 0.2) is 24.5 Å². The van der Waals surface area contributed by atoms with Gasteiger partial charge < -0.3 is 10.1 Å². The van der Waals surface area contributed by atoms with Crippen LogP contribution in [-0.4, -0.2) is 17.7 Å². The van der Waals surface area contributed by atoms with Crippen LogP contribution in [0.25, 0.3) is 0 Å². The number of aromatic nitrogens is 1. The second-order valence-electron chi connectivity index (χ2n) is 2.87. The van der Waals surface area contributed by atoms with Gasteiger partial charge in [0.25, 0.3) is 0 Å². The smallest absolute Gasteiger partial charge is 0.407 e. The molecule has 0 aromatic carbocycles. The van der Waals surface area contributed by atoms with Crippen LogP contribution in [0.4, 0.5) is 4.79 Å². The summed E-state index contributed by atoms with van der Waals surface area (Å²) in [4.78, 5) is 15.0. The molecule has 4 heteroatoms. The van der Waals surface area contributed by atoms with Crippen molar-refractivity contribution in [2.24, 2.45) is 0 Å². The number of hydrogen-bond acceptors (Lipinski definition) is 3. The zero-order valence-corrected chi connectivity index (χ0v) is 8.36. The Morgan fingerprint density at radius 2 is 2.21 bits per heavy atom. The standard InChI is InChI=1S/C10H14N2O2/c1-3-14-10(13)12-8(2)9-4-6-11-7-5-9/h4-8H,3H2,1-2H3,(H,12,13)/t8-/m1/s1. The van der Waals surface area contributed by atoms with E-state index in [1.165, 1.54) is 0 Å². The van der Waals surface area contributed by atoms with E-state index in [0.29, 0.717) is 6.61 Å². The molecule has 0 aliphatic rings. The minimum atomic E-state index is -0.392. The Labute approximate surface area is 83.3 Å². The van der Waals surface area contributed by atoms with Gasteiger partial charge in [-0.1, -0.05) is 0 Å². The predicted octanol–water partition coefficient (Wildman–Crippen LogP) is 1.89. The molecule has 1 N–H and O–H groups in total. The van der Waals surface area contributed by atoms with E-state index in [1.54, 1.807) is 19.3 Å². The van der Waals surface area contributed by atoms with Gasteiger partial charge in [-0.2, -0.15) is 0 Å². The fourth-order valence-electron chi connectivity index (χ4n) is 1.08. The van der Waals surface area contributed by atoms with Crippen molar-refractivity contribution in [3.63, 3.8) is 0 Å². The maximum atomic E-state index is 11.1. The summed E-state index contributed by atoms with van der Waals surface area (Å²) >= 11 is 0. The van der Waals surface area contributed by atoms with Gasteiger partial charge in [0.2, 0.25) is 0 Å². The Morgan fingerprint density at radius 3 is 2.79 bits per heavy atom. The summed E-state index contributed by atoms with van der Waals surface area (Å²) in [6.07, 6.45) is 2.99. The van der Waals surface area contributed by atoms with Gasteiger partial charge in [-0.15, -0.1) is 0 Å². The molecule has 0 fully saturated rings. The van der Waals surface area contributed by atoms with Crippen molar-refractivity contribution in [2.75, 3.05) is 6.61 Å². The van der Waals surface area contributed by atoms with E-state index >= 15 is 0 Å². The number of carbonyl (C=O) groups is 1. The van der Waals surface area contributed by atoms with Crippen LogP contribution in [0.5, 0.6) is 0 Å². The van der Waals surface area contributed by atoms with E-state index in [0.717, 1.165) is 5.56 Å². The van der Waals surface area contributed by atoms with Crippen molar-refractivity contribution < 1.29 is 9.53 Å². The predicted molar refractivity (Wildman–Crippen MR) is 52.8 cm³/mol. The highest BCUT2D eigenvalue weighted by Gasteiger charge is 2.08. The van der Waals surface area contributed by atoms with E-state index in [-0.39, 0.29) is 6.04 Å². The van der Waals surface area contributed by atoms with Gasteiger partial charge in [-0.25, -0.2) is 4.79 Å². The number of ether oxygens (including phenoxy) is 1. The molecule has 0 radical (unpaired) electrons. The third-order valence-electron chi connectivity index (χ3n) is 1.82. The SMILES string of the molecule is CCOC(=O)N[C@H](C)c1ccncc1. The summed E-state index contributed by atoms with van der Waals surface area (Å²) < 4.78 is 4.77. The van der Waals surface area contributed by atoms with Crippen LogP contribution >= 0.6 is 0 Å². The Balaban J connectivity index is 2.50. The lowest BCUT2D eigenvalue weighted by molar-refractivity contribution is 0.149. The fourth-order valence-corrected chi connectivity index (χ4v) is 1.08. The minimum absolute atomic E-state index is 0.0583. The van der Waals surface area contributed by atoms with Gasteiger partial charge in [0, 0.05) is 12.4 Å². The van der Waals surface area contributed by atoms with Crippen molar-refractivity contribution >= 4 is 6.09 Å². The molecule has 1 amide bonds. The molecule has 0 spiro atoms.